The molecule has 0 aliphatic carbocycles. The van der Waals surface area contributed by atoms with Crippen LogP contribution >= 0.6 is 22.9 Å². The molecule has 1 heterocycles. The molecule has 0 unspecified atom stereocenters. The maximum Gasteiger partial charge on any atom is 0.310 e. The maximum absolute atomic E-state index is 10.9. The molecule has 2 aromatic rings. The summed E-state index contributed by atoms with van der Waals surface area (Å²) in [5.41, 5.74) is 2.84. The van der Waals surface area contributed by atoms with Gasteiger partial charge in [-0.2, -0.15) is 0 Å². The summed E-state index contributed by atoms with van der Waals surface area (Å²) in [6.45, 7) is 0.435. The third-order valence-electron chi connectivity index (χ3n) is 2.11. The molecular weight excluding hydrogens is 262 g/mol. The van der Waals surface area contributed by atoms with Gasteiger partial charge in [0, 0.05) is 5.38 Å². The van der Waals surface area contributed by atoms with Gasteiger partial charge in [0.15, 0.2) is 0 Å². The standard InChI is InChI=1S/C10H8ClN3O2S/c11-8-2-1-3-9(10(8)14(15)16)12-4-7-5-17-6-13-7/h1-3,5-6,12H,4H2. The van der Waals surface area contributed by atoms with Crippen molar-refractivity contribution < 1.29 is 4.92 Å². The van der Waals surface area contributed by atoms with Gasteiger partial charge in [-0.1, -0.05) is 17.7 Å². The molecule has 2 rings (SSSR count). The Hall–Kier alpha value is -1.66. The minimum Gasteiger partial charge on any atom is -0.374 e. The number of hydrogen-bond acceptors (Lipinski definition) is 5. The van der Waals surface area contributed by atoms with E-state index >= 15 is 0 Å². The van der Waals surface area contributed by atoms with Gasteiger partial charge in [0.25, 0.3) is 0 Å². The van der Waals surface area contributed by atoms with Crippen molar-refractivity contribution in [3.63, 3.8) is 0 Å². The number of anilines is 1. The third kappa shape index (κ3) is 2.72. The van der Waals surface area contributed by atoms with Gasteiger partial charge in [0.05, 0.1) is 22.7 Å². The third-order valence-corrected chi connectivity index (χ3v) is 3.05. The molecular formula is C10H8ClN3O2S. The van der Waals surface area contributed by atoms with Crippen LogP contribution in [0.5, 0.6) is 0 Å². The predicted octanol–water partition coefficient (Wildman–Crippen LogP) is 3.32. The van der Waals surface area contributed by atoms with Crippen LogP contribution in [0.15, 0.2) is 29.1 Å². The van der Waals surface area contributed by atoms with Gasteiger partial charge in [-0.15, -0.1) is 11.3 Å². The van der Waals surface area contributed by atoms with Crippen molar-refractivity contribution in [2.45, 2.75) is 6.54 Å². The summed E-state index contributed by atoms with van der Waals surface area (Å²) in [4.78, 5) is 14.5. The number of nitrogens with one attached hydrogen (secondary N) is 1. The zero-order valence-corrected chi connectivity index (χ0v) is 10.2. The lowest BCUT2D eigenvalue weighted by molar-refractivity contribution is -0.383. The average Bonchev–Trinajstić information content (AvgIpc) is 2.78. The molecule has 0 fully saturated rings. The number of hydrogen-bond donors (Lipinski definition) is 1. The Balaban J connectivity index is 2.21. The first-order chi connectivity index (χ1) is 8.18. The number of halogens is 1. The summed E-state index contributed by atoms with van der Waals surface area (Å²) in [6.07, 6.45) is 0. The number of rotatable bonds is 4. The molecule has 0 atom stereocenters. The van der Waals surface area contributed by atoms with E-state index < -0.39 is 4.92 Å². The molecule has 0 radical (unpaired) electrons. The zero-order valence-electron chi connectivity index (χ0n) is 8.59. The first-order valence-corrected chi connectivity index (χ1v) is 6.04. The highest BCUT2D eigenvalue weighted by Gasteiger charge is 2.17. The first kappa shape index (κ1) is 11.8. The van der Waals surface area contributed by atoms with Gasteiger partial charge in [-0.25, -0.2) is 4.98 Å². The van der Waals surface area contributed by atoms with Crippen LogP contribution in [-0.2, 0) is 6.54 Å². The summed E-state index contributed by atoms with van der Waals surface area (Å²) in [7, 11) is 0. The molecule has 0 bridgehead atoms. The van der Waals surface area contributed by atoms with Crippen LogP contribution in [-0.4, -0.2) is 9.91 Å². The second-order valence-corrected chi connectivity index (χ2v) is 4.35. The van der Waals surface area contributed by atoms with Gasteiger partial charge in [-0.3, -0.25) is 10.1 Å². The number of nitrogens with zero attached hydrogens (tertiary/aromatic N) is 2. The maximum atomic E-state index is 10.9. The Bertz CT molecular complexity index is 530. The fourth-order valence-electron chi connectivity index (χ4n) is 1.35. The molecule has 1 N–H and O–H groups in total. The molecule has 0 aliphatic rings. The fraction of sp³-hybridized carbons (Fsp3) is 0.100. The molecule has 0 saturated heterocycles. The molecule has 0 spiro atoms. The second kappa shape index (κ2) is 5.11. The average molecular weight is 270 g/mol. The minimum absolute atomic E-state index is 0.107. The summed E-state index contributed by atoms with van der Waals surface area (Å²) in [5.74, 6) is 0. The molecule has 7 heteroatoms. The Kier molecular flexibility index (Phi) is 3.55. The van der Waals surface area contributed by atoms with Crippen LogP contribution in [0.25, 0.3) is 0 Å². The van der Waals surface area contributed by atoms with Crippen LogP contribution in [0.3, 0.4) is 0 Å². The highest BCUT2D eigenvalue weighted by molar-refractivity contribution is 7.07. The van der Waals surface area contributed by atoms with Gasteiger partial charge in [0.2, 0.25) is 0 Å². The number of aromatic nitrogens is 1. The van der Waals surface area contributed by atoms with Crippen LogP contribution in [0.1, 0.15) is 5.69 Å². The first-order valence-electron chi connectivity index (χ1n) is 4.72. The minimum atomic E-state index is -0.494. The molecule has 88 valence electrons. The smallest absolute Gasteiger partial charge is 0.310 e. The Labute approximate surface area is 106 Å². The van der Waals surface area contributed by atoms with E-state index in [-0.39, 0.29) is 10.7 Å². The molecule has 0 saturated carbocycles. The van der Waals surface area contributed by atoms with Crippen molar-refractivity contribution >= 4 is 34.3 Å². The van der Waals surface area contributed by atoms with Crippen molar-refractivity contribution in [3.8, 4) is 0 Å². The van der Waals surface area contributed by atoms with Gasteiger partial charge < -0.3 is 5.32 Å². The molecule has 0 aliphatic heterocycles. The van der Waals surface area contributed by atoms with E-state index in [1.807, 2.05) is 5.38 Å². The van der Waals surface area contributed by atoms with E-state index in [9.17, 15) is 10.1 Å². The Morgan fingerprint density at radius 3 is 3.00 bits per heavy atom. The summed E-state index contributed by atoms with van der Waals surface area (Å²) in [5, 5.41) is 15.8. The number of para-hydroxylation sites is 1. The molecule has 17 heavy (non-hydrogen) atoms. The van der Waals surface area contributed by atoms with E-state index in [1.165, 1.54) is 17.4 Å². The van der Waals surface area contributed by atoms with E-state index in [0.717, 1.165) is 5.69 Å². The highest BCUT2D eigenvalue weighted by atomic mass is 35.5. The lowest BCUT2D eigenvalue weighted by Crippen LogP contribution is -2.03. The molecule has 1 aromatic heterocycles. The van der Waals surface area contributed by atoms with E-state index in [0.29, 0.717) is 12.2 Å². The Morgan fingerprint density at radius 1 is 1.53 bits per heavy atom. The van der Waals surface area contributed by atoms with Gasteiger partial charge >= 0.3 is 5.69 Å². The van der Waals surface area contributed by atoms with Crippen molar-refractivity contribution in [2.24, 2.45) is 0 Å². The van der Waals surface area contributed by atoms with Crippen LogP contribution in [0.4, 0.5) is 11.4 Å². The number of benzene rings is 1. The van der Waals surface area contributed by atoms with E-state index in [2.05, 4.69) is 10.3 Å². The van der Waals surface area contributed by atoms with Gasteiger partial charge in [-0.05, 0) is 12.1 Å². The van der Waals surface area contributed by atoms with Crippen LogP contribution in [0, 0.1) is 10.1 Å². The predicted molar refractivity (Wildman–Crippen MR) is 67.5 cm³/mol. The number of nitro benzene ring substituents is 1. The molecule has 1 aromatic carbocycles. The number of thiazole rings is 1. The van der Waals surface area contributed by atoms with Crippen molar-refractivity contribution in [2.75, 3.05) is 5.32 Å². The topological polar surface area (TPSA) is 68.1 Å². The normalized spacial score (nSPS) is 10.2. The molecule has 5 nitrogen and oxygen atoms in total. The monoisotopic (exact) mass is 269 g/mol. The Morgan fingerprint density at radius 2 is 2.35 bits per heavy atom. The SMILES string of the molecule is O=[N+]([O-])c1c(Cl)cccc1NCc1cscn1. The lowest BCUT2D eigenvalue weighted by Gasteiger charge is -2.06. The van der Waals surface area contributed by atoms with Crippen LogP contribution in [0.2, 0.25) is 5.02 Å². The zero-order chi connectivity index (χ0) is 12.3. The van der Waals surface area contributed by atoms with Crippen molar-refractivity contribution in [3.05, 3.63) is 49.9 Å². The van der Waals surface area contributed by atoms with Crippen molar-refractivity contribution in [1.82, 2.24) is 4.98 Å². The largest absolute Gasteiger partial charge is 0.374 e. The van der Waals surface area contributed by atoms with E-state index in [4.69, 9.17) is 11.6 Å². The lowest BCUT2D eigenvalue weighted by atomic mass is 10.2. The quantitative estimate of drug-likeness (QED) is 0.683. The summed E-state index contributed by atoms with van der Waals surface area (Å²) >= 11 is 7.27. The van der Waals surface area contributed by atoms with Crippen LogP contribution < -0.4 is 5.32 Å². The molecule has 0 amide bonds. The van der Waals surface area contributed by atoms with Gasteiger partial charge in [0.1, 0.15) is 10.7 Å². The van der Waals surface area contributed by atoms with E-state index in [1.54, 1.807) is 17.6 Å². The second-order valence-electron chi connectivity index (χ2n) is 3.23. The number of nitro groups is 1. The fourth-order valence-corrected chi connectivity index (χ4v) is 2.16. The van der Waals surface area contributed by atoms with Crippen molar-refractivity contribution in [1.29, 1.82) is 0 Å². The summed E-state index contributed by atoms with van der Waals surface area (Å²) < 4.78 is 0. The highest BCUT2D eigenvalue weighted by Crippen LogP contribution is 2.32. The summed E-state index contributed by atoms with van der Waals surface area (Å²) in [6, 6.07) is 4.78.